The molecule has 1 amide bonds. The lowest BCUT2D eigenvalue weighted by atomic mass is 10.3. The van der Waals surface area contributed by atoms with Crippen LogP contribution in [-0.2, 0) is 18.4 Å². The van der Waals surface area contributed by atoms with Crippen LogP contribution in [0.4, 0.5) is 0 Å². The van der Waals surface area contributed by atoms with E-state index in [1.807, 2.05) is 29.9 Å². The number of aromatic amines is 1. The minimum Gasteiger partial charge on any atom is -0.340 e. The standard InChI is InChI=1S/C15H16ClN5OS/c1-20-6-5-17-15(20)23-9-14(22)21(2)8-13-18-11-4-3-10(16)7-12(11)19-13/h3-7H,8-9H2,1-2H3,(H,18,19). The number of nitrogens with one attached hydrogen (secondary N) is 1. The number of benzene rings is 1. The zero-order valence-electron chi connectivity index (χ0n) is 12.8. The van der Waals surface area contributed by atoms with E-state index in [0.29, 0.717) is 17.3 Å². The van der Waals surface area contributed by atoms with Gasteiger partial charge in [0.2, 0.25) is 5.91 Å². The fourth-order valence-electron chi connectivity index (χ4n) is 2.15. The highest BCUT2D eigenvalue weighted by Crippen LogP contribution is 2.18. The summed E-state index contributed by atoms with van der Waals surface area (Å²) in [5.41, 5.74) is 1.71. The Morgan fingerprint density at radius 2 is 2.30 bits per heavy atom. The third-order valence-electron chi connectivity index (χ3n) is 3.41. The molecule has 1 aromatic carbocycles. The maximum Gasteiger partial charge on any atom is 0.233 e. The van der Waals surface area contributed by atoms with Crippen LogP contribution in [0, 0.1) is 0 Å². The van der Waals surface area contributed by atoms with Crippen LogP contribution in [0.1, 0.15) is 5.82 Å². The number of imidazole rings is 2. The second kappa shape index (κ2) is 6.64. The monoisotopic (exact) mass is 349 g/mol. The van der Waals surface area contributed by atoms with Gasteiger partial charge in [-0.3, -0.25) is 4.79 Å². The van der Waals surface area contributed by atoms with Gasteiger partial charge in [-0.15, -0.1) is 0 Å². The summed E-state index contributed by atoms with van der Waals surface area (Å²) in [6.07, 6.45) is 3.58. The highest BCUT2D eigenvalue weighted by Gasteiger charge is 2.13. The summed E-state index contributed by atoms with van der Waals surface area (Å²) in [5, 5.41) is 1.48. The lowest BCUT2D eigenvalue weighted by Gasteiger charge is -2.15. The van der Waals surface area contributed by atoms with Gasteiger partial charge in [-0.25, -0.2) is 9.97 Å². The lowest BCUT2D eigenvalue weighted by Crippen LogP contribution is -2.28. The average Bonchev–Trinajstić information content (AvgIpc) is 3.09. The van der Waals surface area contributed by atoms with Crippen molar-refractivity contribution in [1.29, 1.82) is 0 Å². The fourth-order valence-corrected chi connectivity index (χ4v) is 3.19. The van der Waals surface area contributed by atoms with Crippen molar-refractivity contribution in [1.82, 2.24) is 24.4 Å². The third kappa shape index (κ3) is 3.68. The number of H-pyrrole nitrogens is 1. The number of rotatable bonds is 5. The number of aromatic nitrogens is 4. The summed E-state index contributed by atoms with van der Waals surface area (Å²) in [6.45, 7) is 0.423. The van der Waals surface area contributed by atoms with E-state index in [1.165, 1.54) is 11.8 Å². The zero-order valence-corrected chi connectivity index (χ0v) is 14.4. The first-order chi connectivity index (χ1) is 11.0. The number of carbonyl (C=O) groups excluding carboxylic acids is 1. The van der Waals surface area contributed by atoms with Gasteiger partial charge >= 0.3 is 0 Å². The molecule has 23 heavy (non-hydrogen) atoms. The van der Waals surface area contributed by atoms with Gasteiger partial charge < -0.3 is 14.5 Å². The Balaban J connectivity index is 1.61. The Morgan fingerprint density at radius 1 is 1.48 bits per heavy atom. The summed E-state index contributed by atoms with van der Waals surface area (Å²) >= 11 is 7.38. The SMILES string of the molecule is CN(Cc1nc2ccc(Cl)cc2[nH]1)C(=O)CSc1nccn1C. The molecule has 2 heterocycles. The lowest BCUT2D eigenvalue weighted by molar-refractivity contribution is -0.127. The van der Waals surface area contributed by atoms with Crippen LogP contribution in [0.15, 0.2) is 35.7 Å². The summed E-state index contributed by atoms with van der Waals surface area (Å²) in [4.78, 5) is 25.7. The second-order valence-electron chi connectivity index (χ2n) is 5.20. The molecule has 0 radical (unpaired) electrons. The molecule has 0 aliphatic rings. The first-order valence-electron chi connectivity index (χ1n) is 7.01. The highest BCUT2D eigenvalue weighted by molar-refractivity contribution is 7.99. The molecule has 0 atom stereocenters. The number of hydrogen-bond donors (Lipinski definition) is 1. The number of halogens is 1. The number of aryl methyl sites for hydroxylation is 1. The largest absolute Gasteiger partial charge is 0.340 e. The molecule has 2 aromatic heterocycles. The van der Waals surface area contributed by atoms with E-state index in [2.05, 4.69) is 15.0 Å². The van der Waals surface area contributed by atoms with Gasteiger partial charge in [0.25, 0.3) is 0 Å². The van der Waals surface area contributed by atoms with Gasteiger partial charge in [0, 0.05) is 31.5 Å². The Hall–Kier alpha value is -1.99. The van der Waals surface area contributed by atoms with Crippen LogP contribution in [-0.4, -0.2) is 43.1 Å². The topological polar surface area (TPSA) is 66.8 Å². The molecule has 6 nitrogen and oxygen atoms in total. The second-order valence-corrected chi connectivity index (χ2v) is 6.58. The molecule has 0 saturated carbocycles. The number of hydrogen-bond acceptors (Lipinski definition) is 4. The molecule has 8 heteroatoms. The molecule has 0 spiro atoms. The molecule has 3 rings (SSSR count). The van der Waals surface area contributed by atoms with Crippen molar-refractivity contribution in [2.75, 3.05) is 12.8 Å². The quantitative estimate of drug-likeness (QED) is 0.719. The van der Waals surface area contributed by atoms with Crippen molar-refractivity contribution < 1.29 is 4.79 Å². The molecule has 0 saturated heterocycles. The summed E-state index contributed by atoms with van der Waals surface area (Å²) in [5.74, 6) is 1.10. The van der Waals surface area contributed by atoms with E-state index >= 15 is 0 Å². The van der Waals surface area contributed by atoms with Crippen LogP contribution < -0.4 is 0 Å². The van der Waals surface area contributed by atoms with E-state index in [9.17, 15) is 4.79 Å². The molecule has 0 fully saturated rings. The van der Waals surface area contributed by atoms with Crippen molar-refractivity contribution in [2.45, 2.75) is 11.7 Å². The minimum absolute atomic E-state index is 0.0245. The highest BCUT2D eigenvalue weighted by atomic mass is 35.5. The van der Waals surface area contributed by atoms with Crippen LogP contribution in [0.5, 0.6) is 0 Å². The third-order valence-corrected chi connectivity index (χ3v) is 4.69. The maximum atomic E-state index is 12.2. The van der Waals surface area contributed by atoms with Gasteiger partial charge in [0.15, 0.2) is 5.16 Å². The van der Waals surface area contributed by atoms with Gasteiger partial charge in [-0.2, -0.15) is 0 Å². The molecule has 120 valence electrons. The number of carbonyl (C=O) groups is 1. The zero-order chi connectivity index (χ0) is 16.4. The normalized spacial score (nSPS) is 11.1. The van der Waals surface area contributed by atoms with Gasteiger partial charge in [0.05, 0.1) is 23.3 Å². The number of fused-ring (bicyclic) bond motifs is 1. The van der Waals surface area contributed by atoms with E-state index in [-0.39, 0.29) is 5.91 Å². The van der Waals surface area contributed by atoms with E-state index < -0.39 is 0 Å². The van der Waals surface area contributed by atoms with Crippen LogP contribution in [0.25, 0.3) is 11.0 Å². The predicted molar refractivity (Wildman–Crippen MR) is 91.5 cm³/mol. The number of thioether (sulfide) groups is 1. The van der Waals surface area contributed by atoms with Crippen LogP contribution >= 0.6 is 23.4 Å². The van der Waals surface area contributed by atoms with Crippen molar-refractivity contribution in [3.8, 4) is 0 Å². The smallest absolute Gasteiger partial charge is 0.233 e. The molecule has 0 unspecified atom stereocenters. The average molecular weight is 350 g/mol. The number of amides is 1. The van der Waals surface area contributed by atoms with Gasteiger partial charge in [-0.1, -0.05) is 23.4 Å². The summed E-state index contributed by atoms with van der Waals surface area (Å²) in [6, 6.07) is 5.48. The summed E-state index contributed by atoms with van der Waals surface area (Å²) in [7, 11) is 3.67. The molecule has 3 aromatic rings. The van der Waals surface area contributed by atoms with Gasteiger partial charge in [0.1, 0.15) is 5.82 Å². The Morgan fingerprint density at radius 3 is 3.04 bits per heavy atom. The van der Waals surface area contributed by atoms with E-state index in [0.717, 1.165) is 22.0 Å². The van der Waals surface area contributed by atoms with E-state index in [1.54, 1.807) is 24.2 Å². The fraction of sp³-hybridized carbons (Fsp3) is 0.267. The van der Waals surface area contributed by atoms with Crippen LogP contribution in [0.3, 0.4) is 0 Å². The Labute approximate surface area is 142 Å². The number of nitrogens with zero attached hydrogens (tertiary/aromatic N) is 4. The molecular formula is C15H16ClN5OS. The first kappa shape index (κ1) is 15.9. The Kier molecular flexibility index (Phi) is 4.58. The van der Waals surface area contributed by atoms with Gasteiger partial charge in [-0.05, 0) is 18.2 Å². The van der Waals surface area contributed by atoms with E-state index in [4.69, 9.17) is 11.6 Å². The molecule has 0 aliphatic carbocycles. The van der Waals surface area contributed by atoms with Crippen LogP contribution in [0.2, 0.25) is 5.02 Å². The van der Waals surface area contributed by atoms with Crippen molar-refractivity contribution >= 4 is 40.3 Å². The molecule has 0 aliphatic heterocycles. The van der Waals surface area contributed by atoms with Crippen molar-refractivity contribution in [2.24, 2.45) is 7.05 Å². The predicted octanol–water partition coefficient (Wildman–Crippen LogP) is 2.70. The van der Waals surface area contributed by atoms with Crippen molar-refractivity contribution in [3.63, 3.8) is 0 Å². The maximum absolute atomic E-state index is 12.2. The molecular weight excluding hydrogens is 334 g/mol. The first-order valence-corrected chi connectivity index (χ1v) is 8.37. The van der Waals surface area contributed by atoms with Crippen molar-refractivity contribution in [3.05, 3.63) is 41.4 Å². The molecule has 1 N–H and O–H groups in total. The minimum atomic E-state index is 0.0245. The Bertz CT molecular complexity index is 843. The molecule has 0 bridgehead atoms. The summed E-state index contributed by atoms with van der Waals surface area (Å²) < 4.78 is 1.89.